The number of methoxy groups -OCH3 is 1. The SMILES string of the molecule is CCCOc1c(Cl)cc(C(=O)Nc2nc(C(C)=O)cs2)cc1OC. The van der Waals surface area contributed by atoms with Gasteiger partial charge >= 0.3 is 0 Å². The van der Waals surface area contributed by atoms with Gasteiger partial charge in [-0.3, -0.25) is 14.9 Å². The molecule has 0 aliphatic rings. The third-order valence-corrected chi connectivity index (χ3v) is 4.07. The van der Waals surface area contributed by atoms with Crippen molar-refractivity contribution in [1.82, 2.24) is 4.98 Å². The molecule has 0 atom stereocenters. The highest BCUT2D eigenvalue weighted by Crippen LogP contribution is 2.36. The van der Waals surface area contributed by atoms with Crippen LogP contribution in [0.3, 0.4) is 0 Å². The van der Waals surface area contributed by atoms with Crippen LogP contribution in [0.15, 0.2) is 17.5 Å². The lowest BCUT2D eigenvalue weighted by atomic mass is 10.2. The number of carbonyl (C=O) groups excluding carboxylic acids is 2. The van der Waals surface area contributed by atoms with E-state index in [1.807, 2.05) is 6.92 Å². The van der Waals surface area contributed by atoms with Crippen LogP contribution in [0.2, 0.25) is 5.02 Å². The summed E-state index contributed by atoms with van der Waals surface area (Å²) in [6, 6.07) is 3.05. The fourth-order valence-corrected chi connectivity index (χ4v) is 2.87. The van der Waals surface area contributed by atoms with Crippen LogP contribution in [0.4, 0.5) is 5.13 Å². The minimum absolute atomic E-state index is 0.158. The number of ether oxygens (including phenoxy) is 2. The summed E-state index contributed by atoms with van der Waals surface area (Å²) in [6.07, 6.45) is 0.824. The van der Waals surface area contributed by atoms with E-state index in [2.05, 4.69) is 10.3 Å². The zero-order valence-corrected chi connectivity index (χ0v) is 15.1. The van der Waals surface area contributed by atoms with Crippen molar-refractivity contribution in [2.75, 3.05) is 19.0 Å². The predicted octanol–water partition coefficient (Wildman–Crippen LogP) is 4.05. The van der Waals surface area contributed by atoms with Gasteiger partial charge in [-0.05, 0) is 18.6 Å². The van der Waals surface area contributed by atoms with E-state index in [0.29, 0.717) is 34.5 Å². The summed E-state index contributed by atoms with van der Waals surface area (Å²) in [5.74, 6) is 0.228. The lowest BCUT2D eigenvalue weighted by Crippen LogP contribution is -2.12. The number of amides is 1. The summed E-state index contributed by atoms with van der Waals surface area (Å²) in [5, 5.41) is 4.85. The average Bonchev–Trinajstić information content (AvgIpc) is 3.01. The number of carbonyl (C=O) groups is 2. The van der Waals surface area contributed by atoms with Crippen LogP contribution in [0, 0.1) is 0 Å². The number of benzene rings is 1. The first-order chi connectivity index (χ1) is 11.5. The Hall–Kier alpha value is -2.12. The molecule has 1 heterocycles. The largest absolute Gasteiger partial charge is 0.493 e. The molecule has 0 aliphatic heterocycles. The summed E-state index contributed by atoms with van der Waals surface area (Å²) in [5.41, 5.74) is 0.620. The zero-order chi connectivity index (χ0) is 17.7. The highest BCUT2D eigenvalue weighted by atomic mass is 35.5. The molecule has 0 saturated heterocycles. The van der Waals surface area contributed by atoms with Gasteiger partial charge in [-0.15, -0.1) is 11.3 Å². The molecule has 0 bridgehead atoms. The van der Waals surface area contributed by atoms with E-state index < -0.39 is 5.91 Å². The van der Waals surface area contributed by atoms with Crippen molar-refractivity contribution in [3.8, 4) is 11.5 Å². The molecule has 0 unspecified atom stereocenters. The zero-order valence-electron chi connectivity index (χ0n) is 13.5. The third kappa shape index (κ3) is 4.24. The molecular weight excluding hydrogens is 352 g/mol. The third-order valence-electron chi connectivity index (χ3n) is 3.03. The molecule has 0 spiro atoms. The van der Waals surface area contributed by atoms with Crippen molar-refractivity contribution in [2.24, 2.45) is 0 Å². The number of rotatable bonds is 7. The molecule has 2 aromatic rings. The minimum Gasteiger partial charge on any atom is -0.493 e. The first-order valence-corrected chi connectivity index (χ1v) is 8.50. The Morgan fingerprint density at radius 2 is 2.12 bits per heavy atom. The molecule has 0 radical (unpaired) electrons. The topological polar surface area (TPSA) is 77.5 Å². The Morgan fingerprint density at radius 3 is 2.71 bits per heavy atom. The lowest BCUT2D eigenvalue weighted by molar-refractivity contribution is 0.100. The molecule has 24 heavy (non-hydrogen) atoms. The van der Waals surface area contributed by atoms with Gasteiger partial charge in [0.15, 0.2) is 22.4 Å². The lowest BCUT2D eigenvalue weighted by Gasteiger charge is -2.13. The molecule has 1 aromatic heterocycles. The monoisotopic (exact) mass is 368 g/mol. The number of halogens is 1. The molecule has 128 valence electrons. The number of ketones is 1. The number of aromatic nitrogens is 1. The van der Waals surface area contributed by atoms with Crippen molar-refractivity contribution in [3.05, 3.63) is 33.8 Å². The second kappa shape index (κ2) is 8.12. The van der Waals surface area contributed by atoms with Crippen LogP contribution >= 0.6 is 22.9 Å². The van der Waals surface area contributed by atoms with Crippen LogP contribution in [0.5, 0.6) is 11.5 Å². The second-order valence-electron chi connectivity index (χ2n) is 4.89. The van der Waals surface area contributed by atoms with E-state index in [9.17, 15) is 9.59 Å². The maximum absolute atomic E-state index is 12.4. The van der Waals surface area contributed by atoms with Gasteiger partial charge in [0.05, 0.1) is 18.7 Å². The number of hydrogen-bond donors (Lipinski definition) is 1. The smallest absolute Gasteiger partial charge is 0.257 e. The Labute approximate surface area is 148 Å². The fraction of sp³-hybridized carbons (Fsp3) is 0.312. The van der Waals surface area contributed by atoms with Gasteiger partial charge in [-0.1, -0.05) is 18.5 Å². The number of thiazole rings is 1. The van der Waals surface area contributed by atoms with Gasteiger partial charge in [-0.25, -0.2) is 4.98 Å². The van der Waals surface area contributed by atoms with Crippen LogP contribution < -0.4 is 14.8 Å². The summed E-state index contributed by atoms with van der Waals surface area (Å²) < 4.78 is 10.8. The van der Waals surface area contributed by atoms with Crippen molar-refractivity contribution in [1.29, 1.82) is 0 Å². The van der Waals surface area contributed by atoms with Crippen molar-refractivity contribution < 1.29 is 19.1 Å². The van der Waals surface area contributed by atoms with E-state index in [1.165, 1.54) is 31.4 Å². The Balaban J connectivity index is 2.22. The van der Waals surface area contributed by atoms with Gasteiger partial charge in [0.2, 0.25) is 0 Å². The fourth-order valence-electron chi connectivity index (χ4n) is 1.86. The number of hydrogen-bond acceptors (Lipinski definition) is 6. The Bertz CT molecular complexity index is 761. The molecule has 0 aliphatic carbocycles. The number of anilines is 1. The quantitative estimate of drug-likeness (QED) is 0.746. The summed E-state index contributed by atoms with van der Waals surface area (Å²) in [6.45, 7) is 3.89. The van der Waals surface area contributed by atoms with E-state index in [-0.39, 0.29) is 10.8 Å². The van der Waals surface area contributed by atoms with Crippen LogP contribution in [-0.4, -0.2) is 30.4 Å². The average molecular weight is 369 g/mol. The second-order valence-corrected chi connectivity index (χ2v) is 6.15. The molecule has 1 amide bonds. The highest BCUT2D eigenvalue weighted by molar-refractivity contribution is 7.14. The van der Waals surface area contributed by atoms with E-state index in [0.717, 1.165) is 6.42 Å². The minimum atomic E-state index is -0.401. The number of Topliss-reactive ketones (excluding diaryl/α,β-unsaturated/α-hetero) is 1. The van der Waals surface area contributed by atoms with Gasteiger partial charge in [-0.2, -0.15) is 0 Å². The van der Waals surface area contributed by atoms with Gasteiger partial charge < -0.3 is 9.47 Å². The highest BCUT2D eigenvalue weighted by Gasteiger charge is 2.17. The number of nitrogens with one attached hydrogen (secondary N) is 1. The van der Waals surface area contributed by atoms with Gasteiger partial charge in [0.25, 0.3) is 5.91 Å². The van der Waals surface area contributed by atoms with Gasteiger partial charge in [0, 0.05) is 17.9 Å². The van der Waals surface area contributed by atoms with Gasteiger partial charge in [0.1, 0.15) is 5.69 Å². The first-order valence-electron chi connectivity index (χ1n) is 7.24. The molecule has 0 saturated carbocycles. The maximum atomic E-state index is 12.4. The van der Waals surface area contributed by atoms with E-state index in [1.54, 1.807) is 11.4 Å². The molecule has 1 N–H and O–H groups in total. The van der Waals surface area contributed by atoms with E-state index in [4.69, 9.17) is 21.1 Å². The van der Waals surface area contributed by atoms with Crippen molar-refractivity contribution >= 4 is 39.8 Å². The first kappa shape index (κ1) is 18.2. The summed E-state index contributed by atoms with van der Waals surface area (Å²) >= 11 is 7.38. The number of nitrogens with zero attached hydrogens (tertiary/aromatic N) is 1. The predicted molar refractivity (Wildman–Crippen MR) is 93.9 cm³/mol. The molecule has 1 aromatic carbocycles. The molecule has 0 fully saturated rings. The molecule has 2 rings (SSSR count). The van der Waals surface area contributed by atoms with Crippen LogP contribution in [-0.2, 0) is 0 Å². The van der Waals surface area contributed by atoms with Crippen LogP contribution in [0.1, 0.15) is 41.1 Å². The Morgan fingerprint density at radius 1 is 1.38 bits per heavy atom. The maximum Gasteiger partial charge on any atom is 0.257 e. The summed E-state index contributed by atoms with van der Waals surface area (Å²) in [7, 11) is 1.48. The van der Waals surface area contributed by atoms with Crippen molar-refractivity contribution in [3.63, 3.8) is 0 Å². The normalized spacial score (nSPS) is 10.3. The van der Waals surface area contributed by atoms with E-state index >= 15 is 0 Å². The van der Waals surface area contributed by atoms with Crippen molar-refractivity contribution in [2.45, 2.75) is 20.3 Å². The summed E-state index contributed by atoms with van der Waals surface area (Å²) in [4.78, 5) is 27.7. The molecular formula is C16H17ClN2O4S. The Kier molecular flexibility index (Phi) is 6.16. The molecule has 6 nitrogen and oxygen atoms in total. The molecule has 8 heteroatoms. The van der Waals surface area contributed by atoms with Crippen LogP contribution in [0.25, 0.3) is 0 Å². The standard InChI is InChI=1S/C16H17ClN2O4S/c1-4-5-23-14-11(17)6-10(7-13(14)22-3)15(21)19-16-18-12(8-24-16)9(2)20/h6-8H,4-5H2,1-3H3,(H,18,19,21).